The molecule has 0 fully saturated rings. The number of fused-ring (bicyclic) bond motifs is 3. The first-order valence-corrected chi connectivity index (χ1v) is 16.8. The zero-order valence-electron chi connectivity index (χ0n) is 27.3. The average molecular weight is 626 g/mol. The zero-order valence-corrected chi connectivity index (χ0v) is 27.3. The quantitative estimate of drug-likeness (QED) is 0.183. The lowest BCUT2D eigenvalue weighted by atomic mass is 9.82. The highest BCUT2D eigenvalue weighted by Crippen LogP contribution is 2.49. The van der Waals surface area contributed by atoms with Gasteiger partial charge in [-0.3, -0.25) is 4.98 Å². The van der Waals surface area contributed by atoms with Gasteiger partial charge in [0.15, 0.2) is 5.82 Å². The summed E-state index contributed by atoms with van der Waals surface area (Å²) in [7, 11) is 0. The topological polar surface area (TPSA) is 38.7 Å². The van der Waals surface area contributed by atoms with E-state index in [1.807, 2.05) is 12.3 Å². The predicted molar refractivity (Wildman–Crippen MR) is 203 cm³/mol. The molecule has 0 atom stereocenters. The van der Waals surface area contributed by atoms with Crippen molar-refractivity contribution in [1.29, 1.82) is 0 Å². The third-order valence-electron chi connectivity index (χ3n) is 10.5. The van der Waals surface area contributed by atoms with Crippen molar-refractivity contribution in [3.63, 3.8) is 0 Å². The summed E-state index contributed by atoms with van der Waals surface area (Å²) in [5.41, 5.74) is 12.3. The van der Waals surface area contributed by atoms with E-state index < -0.39 is 0 Å². The molecule has 49 heavy (non-hydrogen) atoms. The van der Waals surface area contributed by atoms with Gasteiger partial charge in [0.1, 0.15) is 0 Å². The standard InChI is InChI=1S/C46H31N3/c1-46(2)39-14-4-3-13-35(39)36-20-19-32(25-40(36)46)41-26-42(49-45(48-41)33-11-6-10-31(24-33)34-12-7-23-47-27-34)37-21-17-30-16-15-28-8-5-9-29-18-22-38(37)44(30)43(28)29/h3-27H,1-2H3. The first-order valence-electron chi connectivity index (χ1n) is 16.8. The van der Waals surface area contributed by atoms with Gasteiger partial charge in [0, 0.05) is 40.1 Å². The van der Waals surface area contributed by atoms with E-state index in [9.17, 15) is 0 Å². The summed E-state index contributed by atoms with van der Waals surface area (Å²) in [6.45, 7) is 4.65. The molecule has 1 aliphatic carbocycles. The molecule has 2 heterocycles. The molecular weight excluding hydrogens is 595 g/mol. The van der Waals surface area contributed by atoms with E-state index in [-0.39, 0.29) is 5.41 Å². The molecule has 7 aromatic carbocycles. The minimum absolute atomic E-state index is 0.106. The Morgan fingerprint density at radius 1 is 0.449 bits per heavy atom. The molecule has 9 aromatic rings. The molecule has 0 unspecified atom stereocenters. The van der Waals surface area contributed by atoms with Gasteiger partial charge in [0.05, 0.1) is 11.4 Å². The van der Waals surface area contributed by atoms with Gasteiger partial charge in [-0.15, -0.1) is 0 Å². The smallest absolute Gasteiger partial charge is 0.160 e. The fourth-order valence-electron chi connectivity index (χ4n) is 8.06. The summed E-state index contributed by atoms with van der Waals surface area (Å²) in [4.78, 5) is 15.0. The summed E-state index contributed by atoms with van der Waals surface area (Å²) < 4.78 is 0. The van der Waals surface area contributed by atoms with Crippen molar-refractivity contribution >= 4 is 32.3 Å². The van der Waals surface area contributed by atoms with Gasteiger partial charge in [0.2, 0.25) is 0 Å². The molecular formula is C46H31N3. The largest absolute Gasteiger partial charge is 0.264 e. The highest BCUT2D eigenvalue weighted by molar-refractivity contribution is 6.25. The SMILES string of the molecule is CC1(C)c2ccccc2-c2ccc(-c3cc(-c4ccc5ccc6cccc7ccc4c5c67)nc(-c4cccc(-c5cccnc5)c4)n3)cc21. The molecule has 2 aromatic heterocycles. The Morgan fingerprint density at radius 2 is 1.14 bits per heavy atom. The number of hydrogen-bond donors (Lipinski definition) is 0. The third kappa shape index (κ3) is 4.25. The summed E-state index contributed by atoms with van der Waals surface area (Å²) in [5, 5.41) is 7.54. The Morgan fingerprint density at radius 3 is 2.00 bits per heavy atom. The van der Waals surface area contributed by atoms with E-state index in [4.69, 9.17) is 9.97 Å². The van der Waals surface area contributed by atoms with Gasteiger partial charge in [-0.25, -0.2) is 9.97 Å². The first kappa shape index (κ1) is 27.9. The van der Waals surface area contributed by atoms with Crippen LogP contribution >= 0.6 is 0 Å². The molecule has 0 N–H and O–H groups in total. The number of benzene rings is 7. The fourth-order valence-corrected chi connectivity index (χ4v) is 8.06. The number of nitrogens with zero attached hydrogens (tertiary/aromatic N) is 3. The number of rotatable bonds is 4. The number of pyridine rings is 1. The molecule has 0 spiro atoms. The van der Waals surface area contributed by atoms with Crippen LogP contribution in [0.15, 0.2) is 152 Å². The molecule has 0 saturated carbocycles. The monoisotopic (exact) mass is 625 g/mol. The van der Waals surface area contributed by atoms with Gasteiger partial charge >= 0.3 is 0 Å². The maximum Gasteiger partial charge on any atom is 0.160 e. The second-order valence-electron chi connectivity index (χ2n) is 13.7. The average Bonchev–Trinajstić information content (AvgIpc) is 3.39. The van der Waals surface area contributed by atoms with Crippen molar-refractivity contribution < 1.29 is 0 Å². The second-order valence-corrected chi connectivity index (χ2v) is 13.7. The fraction of sp³-hybridized carbons (Fsp3) is 0.0652. The van der Waals surface area contributed by atoms with Gasteiger partial charge in [-0.1, -0.05) is 129 Å². The van der Waals surface area contributed by atoms with Crippen LogP contribution < -0.4 is 0 Å². The lowest BCUT2D eigenvalue weighted by molar-refractivity contribution is 0.660. The predicted octanol–water partition coefficient (Wildman–Crippen LogP) is 11.7. The van der Waals surface area contributed by atoms with Crippen molar-refractivity contribution in [3.8, 4) is 56.2 Å². The molecule has 230 valence electrons. The first-order chi connectivity index (χ1) is 24.0. The van der Waals surface area contributed by atoms with Crippen LogP contribution in [0.25, 0.3) is 88.5 Å². The maximum absolute atomic E-state index is 5.32. The van der Waals surface area contributed by atoms with Crippen molar-refractivity contribution in [1.82, 2.24) is 15.0 Å². The molecule has 0 aliphatic heterocycles. The summed E-state index contributed by atoms with van der Waals surface area (Å²) in [5.74, 6) is 0.701. The Bertz CT molecular complexity index is 2730. The van der Waals surface area contributed by atoms with E-state index in [1.165, 1.54) is 54.6 Å². The molecule has 0 amide bonds. The van der Waals surface area contributed by atoms with Gasteiger partial charge in [-0.05, 0) is 84.4 Å². The van der Waals surface area contributed by atoms with Crippen LogP contribution in [0.3, 0.4) is 0 Å². The second kappa shape index (κ2) is 10.4. The van der Waals surface area contributed by atoms with Crippen LogP contribution in [0.2, 0.25) is 0 Å². The zero-order chi connectivity index (χ0) is 32.7. The molecule has 3 nitrogen and oxygen atoms in total. The van der Waals surface area contributed by atoms with Crippen LogP contribution in [-0.2, 0) is 5.41 Å². The lowest BCUT2D eigenvalue weighted by Crippen LogP contribution is -2.14. The van der Waals surface area contributed by atoms with E-state index in [0.29, 0.717) is 5.82 Å². The molecule has 0 bridgehead atoms. The van der Waals surface area contributed by atoms with Crippen LogP contribution in [0.4, 0.5) is 0 Å². The van der Waals surface area contributed by atoms with Crippen LogP contribution in [0.1, 0.15) is 25.0 Å². The Kier molecular flexibility index (Phi) is 5.92. The minimum atomic E-state index is -0.106. The summed E-state index contributed by atoms with van der Waals surface area (Å²) in [6, 6.07) is 50.3. The lowest BCUT2D eigenvalue weighted by Gasteiger charge is -2.22. The minimum Gasteiger partial charge on any atom is -0.264 e. The van der Waals surface area contributed by atoms with Gasteiger partial charge < -0.3 is 0 Å². The third-order valence-corrected chi connectivity index (χ3v) is 10.5. The van der Waals surface area contributed by atoms with Crippen molar-refractivity contribution in [2.45, 2.75) is 19.3 Å². The molecule has 3 heteroatoms. The number of aromatic nitrogens is 3. The van der Waals surface area contributed by atoms with Crippen LogP contribution in [0, 0.1) is 0 Å². The molecule has 0 saturated heterocycles. The highest BCUT2D eigenvalue weighted by atomic mass is 14.9. The van der Waals surface area contributed by atoms with E-state index in [0.717, 1.165) is 39.2 Å². The van der Waals surface area contributed by atoms with Crippen LogP contribution in [0.5, 0.6) is 0 Å². The van der Waals surface area contributed by atoms with E-state index in [2.05, 4.69) is 152 Å². The van der Waals surface area contributed by atoms with E-state index >= 15 is 0 Å². The Balaban J connectivity index is 1.21. The number of hydrogen-bond acceptors (Lipinski definition) is 3. The van der Waals surface area contributed by atoms with Gasteiger partial charge in [0.25, 0.3) is 0 Å². The maximum atomic E-state index is 5.32. The molecule has 1 aliphatic rings. The Hall–Kier alpha value is -6.19. The Labute approximate surface area is 284 Å². The van der Waals surface area contributed by atoms with E-state index in [1.54, 1.807) is 6.20 Å². The summed E-state index contributed by atoms with van der Waals surface area (Å²) in [6.07, 6.45) is 3.70. The molecule has 10 rings (SSSR count). The van der Waals surface area contributed by atoms with Crippen molar-refractivity contribution in [3.05, 3.63) is 163 Å². The molecule has 0 radical (unpaired) electrons. The van der Waals surface area contributed by atoms with Crippen molar-refractivity contribution in [2.75, 3.05) is 0 Å². The van der Waals surface area contributed by atoms with Crippen molar-refractivity contribution in [2.24, 2.45) is 0 Å². The van der Waals surface area contributed by atoms with Gasteiger partial charge in [-0.2, -0.15) is 0 Å². The highest BCUT2D eigenvalue weighted by Gasteiger charge is 2.35. The summed E-state index contributed by atoms with van der Waals surface area (Å²) >= 11 is 0. The normalized spacial score (nSPS) is 13.3. The van der Waals surface area contributed by atoms with Crippen LogP contribution in [-0.4, -0.2) is 15.0 Å².